The zero-order valence-corrected chi connectivity index (χ0v) is 12.9. The molecule has 20 heavy (non-hydrogen) atoms. The fourth-order valence-corrected chi connectivity index (χ4v) is 3.75. The number of benzene rings is 1. The number of rotatable bonds is 2. The molecule has 1 saturated carbocycles. The van der Waals surface area contributed by atoms with Crippen LogP contribution in [0.15, 0.2) is 22.7 Å². The Morgan fingerprint density at radius 1 is 1.20 bits per heavy atom. The van der Waals surface area contributed by atoms with Crippen LogP contribution < -0.4 is 5.73 Å². The molecule has 0 aromatic heterocycles. The maximum Gasteiger partial charge on any atom is 0.404 e. The van der Waals surface area contributed by atoms with Crippen LogP contribution in [0.25, 0.3) is 0 Å². The predicted molar refractivity (Wildman–Crippen MR) is 80.1 cm³/mol. The number of nitrogens with zero attached hydrogens (tertiary/aromatic N) is 1. The number of hydrogen-bond donors (Lipinski definition) is 1. The highest BCUT2D eigenvalue weighted by molar-refractivity contribution is 9.10. The second-order valence-corrected chi connectivity index (χ2v) is 6.60. The summed E-state index contributed by atoms with van der Waals surface area (Å²) in [7, 11) is 0. The van der Waals surface area contributed by atoms with Crippen molar-refractivity contribution in [2.45, 2.75) is 50.9 Å². The zero-order valence-electron chi connectivity index (χ0n) is 11.3. The van der Waals surface area contributed by atoms with E-state index < -0.39 is 6.09 Å². The lowest BCUT2D eigenvalue weighted by Gasteiger charge is -2.33. The highest BCUT2D eigenvalue weighted by Crippen LogP contribution is 2.32. The smallest absolute Gasteiger partial charge is 0.404 e. The van der Waals surface area contributed by atoms with E-state index in [4.69, 9.17) is 10.5 Å². The molecule has 0 bridgehead atoms. The Balaban J connectivity index is 1.57. The first-order valence-electron chi connectivity index (χ1n) is 7.09. The number of primary amides is 1. The number of carbonyl (C=O) groups excluding carboxylic acids is 1. The van der Waals surface area contributed by atoms with E-state index in [9.17, 15) is 4.79 Å². The molecule has 0 atom stereocenters. The Morgan fingerprint density at radius 2 is 1.90 bits per heavy atom. The van der Waals surface area contributed by atoms with E-state index in [1.54, 1.807) is 0 Å². The van der Waals surface area contributed by atoms with Crippen molar-refractivity contribution in [2.24, 2.45) is 5.73 Å². The van der Waals surface area contributed by atoms with Crippen LogP contribution in [0.2, 0.25) is 0 Å². The number of ether oxygens (including phenoxy) is 1. The van der Waals surface area contributed by atoms with Gasteiger partial charge in [0.05, 0.1) is 0 Å². The van der Waals surface area contributed by atoms with E-state index in [1.165, 1.54) is 11.1 Å². The molecule has 1 aromatic carbocycles. The number of halogens is 1. The first kappa shape index (κ1) is 13.9. The third-order valence-electron chi connectivity index (χ3n) is 4.36. The quantitative estimate of drug-likeness (QED) is 0.900. The number of carbonyl (C=O) groups is 1. The van der Waals surface area contributed by atoms with Gasteiger partial charge >= 0.3 is 6.09 Å². The van der Waals surface area contributed by atoms with Gasteiger partial charge in [0.2, 0.25) is 0 Å². The van der Waals surface area contributed by atoms with Gasteiger partial charge in [-0.2, -0.15) is 0 Å². The molecule has 0 saturated heterocycles. The van der Waals surface area contributed by atoms with Crippen molar-refractivity contribution in [1.82, 2.24) is 4.90 Å². The minimum atomic E-state index is -0.646. The first-order valence-corrected chi connectivity index (χ1v) is 7.88. The lowest BCUT2D eigenvalue weighted by molar-refractivity contribution is 0.0516. The van der Waals surface area contributed by atoms with Gasteiger partial charge in [-0.25, -0.2) is 4.79 Å². The van der Waals surface area contributed by atoms with Crippen molar-refractivity contribution >= 4 is 22.0 Å². The van der Waals surface area contributed by atoms with Gasteiger partial charge in [0.25, 0.3) is 0 Å². The Labute approximate surface area is 127 Å². The van der Waals surface area contributed by atoms with Crippen LogP contribution in [-0.2, 0) is 17.8 Å². The van der Waals surface area contributed by atoms with Crippen molar-refractivity contribution in [3.05, 3.63) is 33.8 Å². The first-order chi connectivity index (χ1) is 9.61. The average Bonchev–Trinajstić information content (AvgIpc) is 2.81. The standard InChI is InChI=1S/C15H19BrN2O2/c16-12-2-1-10-8-18(9-11(10)7-12)13-3-5-14(6-4-13)20-15(17)19/h1-2,7,13-14H,3-6,8-9H2,(H2,17,19)/t13-,14-. The maximum absolute atomic E-state index is 10.8. The van der Waals surface area contributed by atoms with E-state index in [0.29, 0.717) is 6.04 Å². The molecule has 108 valence electrons. The monoisotopic (exact) mass is 338 g/mol. The van der Waals surface area contributed by atoms with E-state index in [2.05, 4.69) is 39.0 Å². The number of nitrogens with two attached hydrogens (primary N) is 1. The minimum absolute atomic E-state index is 0.0165. The predicted octanol–water partition coefficient (Wildman–Crippen LogP) is 3.17. The normalized spacial score (nSPS) is 26.2. The van der Waals surface area contributed by atoms with Crippen LogP contribution in [0.4, 0.5) is 4.79 Å². The summed E-state index contributed by atoms with van der Waals surface area (Å²) in [6.45, 7) is 2.06. The Kier molecular flexibility index (Phi) is 3.98. The van der Waals surface area contributed by atoms with Crippen molar-refractivity contribution in [1.29, 1.82) is 0 Å². The molecule has 1 aliphatic carbocycles. The van der Waals surface area contributed by atoms with Crippen molar-refractivity contribution < 1.29 is 9.53 Å². The molecule has 1 heterocycles. The molecule has 1 fully saturated rings. The summed E-state index contributed by atoms with van der Waals surface area (Å²) >= 11 is 3.53. The second kappa shape index (κ2) is 5.74. The fourth-order valence-electron chi connectivity index (χ4n) is 3.34. The highest BCUT2D eigenvalue weighted by Gasteiger charge is 2.30. The number of fused-ring (bicyclic) bond motifs is 1. The number of hydrogen-bond acceptors (Lipinski definition) is 3. The van der Waals surface area contributed by atoms with E-state index in [1.807, 2.05) is 0 Å². The van der Waals surface area contributed by atoms with Gasteiger partial charge in [-0.05, 0) is 48.9 Å². The van der Waals surface area contributed by atoms with Crippen LogP contribution in [0, 0.1) is 0 Å². The third-order valence-corrected chi connectivity index (χ3v) is 4.85. The zero-order chi connectivity index (χ0) is 14.1. The van der Waals surface area contributed by atoms with Crippen LogP contribution in [0.3, 0.4) is 0 Å². The van der Waals surface area contributed by atoms with Crippen LogP contribution in [0.5, 0.6) is 0 Å². The van der Waals surface area contributed by atoms with Crippen molar-refractivity contribution in [3.8, 4) is 0 Å². The van der Waals surface area contributed by atoms with Crippen LogP contribution in [0.1, 0.15) is 36.8 Å². The van der Waals surface area contributed by atoms with Crippen LogP contribution >= 0.6 is 15.9 Å². The lowest BCUT2D eigenvalue weighted by atomic mass is 9.92. The van der Waals surface area contributed by atoms with Gasteiger partial charge in [-0.3, -0.25) is 4.90 Å². The van der Waals surface area contributed by atoms with Gasteiger partial charge < -0.3 is 10.5 Å². The van der Waals surface area contributed by atoms with Crippen LogP contribution in [-0.4, -0.2) is 23.1 Å². The van der Waals surface area contributed by atoms with Gasteiger partial charge in [0.1, 0.15) is 6.10 Å². The molecule has 0 unspecified atom stereocenters. The lowest BCUT2D eigenvalue weighted by Crippen LogP contribution is -2.37. The van der Waals surface area contributed by atoms with Gasteiger partial charge in [0, 0.05) is 23.6 Å². The molecule has 1 aliphatic heterocycles. The molecule has 0 spiro atoms. The highest BCUT2D eigenvalue weighted by atomic mass is 79.9. The summed E-state index contributed by atoms with van der Waals surface area (Å²) in [6, 6.07) is 7.13. The Morgan fingerprint density at radius 3 is 2.60 bits per heavy atom. The molecule has 3 rings (SSSR count). The summed E-state index contributed by atoms with van der Waals surface area (Å²) in [5.74, 6) is 0. The minimum Gasteiger partial charge on any atom is -0.446 e. The largest absolute Gasteiger partial charge is 0.446 e. The fraction of sp³-hybridized carbons (Fsp3) is 0.533. The number of amides is 1. The Bertz CT molecular complexity index is 513. The Hall–Kier alpha value is -1.07. The van der Waals surface area contributed by atoms with E-state index in [-0.39, 0.29) is 6.10 Å². The van der Waals surface area contributed by atoms with E-state index in [0.717, 1.165) is 43.2 Å². The SMILES string of the molecule is NC(=O)O[C@H]1CC[C@H](N2Cc3ccc(Br)cc3C2)CC1. The molecular formula is C15H19BrN2O2. The van der Waals surface area contributed by atoms with Gasteiger partial charge in [-0.1, -0.05) is 22.0 Å². The molecule has 5 heteroatoms. The summed E-state index contributed by atoms with van der Waals surface area (Å²) in [5.41, 5.74) is 7.94. The van der Waals surface area contributed by atoms with Gasteiger partial charge in [-0.15, -0.1) is 0 Å². The van der Waals surface area contributed by atoms with Gasteiger partial charge in [0.15, 0.2) is 0 Å². The van der Waals surface area contributed by atoms with E-state index >= 15 is 0 Å². The van der Waals surface area contributed by atoms with Crippen molar-refractivity contribution in [2.75, 3.05) is 0 Å². The molecule has 4 nitrogen and oxygen atoms in total. The maximum atomic E-state index is 10.8. The second-order valence-electron chi connectivity index (χ2n) is 5.69. The van der Waals surface area contributed by atoms with Crippen molar-refractivity contribution in [3.63, 3.8) is 0 Å². The molecule has 0 radical (unpaired) electrons. The summed E-state index contributed by atoms with van der Waals surface area (Å²) in [6.07, 6.45) is 3.36. The summed E-state index contributed by atoms with van der Waals surface area (Å²) in [4.78, 5) is 13.3. The third kappa shape index (κ3) is 2.99. The molecule has 1 aromatic rings. The topological polar surface area (TPSA) is 55.6 Å². The molecule has 2 N–H and O–H groups in total. The molecular weight excluding hydrogens is 320 g/mol. The summed E-state index contributed by atoms with van der Waals surface area (Å²) in [5, 5.41) is 0. The molecule has 2 aliphatic rings. The summed E-state index contributed by atoms with van der Waals surface area (Å²) < 4.78 is 6.24. The average molecular weight is 339 g/mol. The molecule has 1 amide bonds.